The van der Waals surface area contributed by atoms with Crippen molar-refractivity contribution in [3.8, 4) is 0 Å². The predicted octanol–water partition coefficient (Wildman–Crippen LogP) is 6.09. The van der Waals surface area contributed by atoms with E-state index >= 15 is 0 Å². The van der Waals surface area contributed by atoms with Crippen LogP contribution >= 0.6 is 46.6 Å². The average molecular weight is 361 g/mol. The number of thioether (sulfide) groups is 1. The maximum absolute atomic E-state index is 6.31. The fraction of sp³-hybridized carbons (Fsp3) is 0.250. The standard InChI is InChI=1S/C16H16Cl3NS/c1-2-20-15(12-9-11(17)7-8-13(12)18)10-21-16-6-4-3-5-14(16)19/h3-9,15,20H,2,10H2,1H3. The third-order valence-electron chi connectivity index (χ3n) is 3.03. The van der Waals surface area contributed by atoms with Gasteiger partial charge in [0.15, 0.2) is 0 Å². The molecular weight excluding hydrogens is 345 g/mol. The van der Waals surface area contributed by atoms with Gasteiger partial charge in [-0.15, -0.1) is 11.8 Å². The van der Waals surface area contributed by atoms with E-state index in [1.165, 1.54) is 0 Å². The summed E-state index contributed by atoms with van der Waals surface area (Å²) in [6.07, 6.45) is 0. The third kappa shape index (κ3) is 4.80. The van der Waals surface area contributed by atoms with Crippen LogP contribution in [0.5, 0.6) is 0 Å². The van der Waals surface area contributed by atoms with Crippen LogP contribution in [-0.4, -0.2) is 12.3 Å². The van der Waals surface area contributed by atoms with Crippen molar-refractivity contribution >= 4 is 46.6 Å². The molecule has 0 saturated heterocycles. The Hall–Kier alpha value is -0.380. The van der Waals surface area contributed by atoms with Crippen molar-refractivity contribution in [3.05, 3.63) is 63.1 Å². The summed E-state index contributed by atoms with van der Waals surface area (Å²) in [6.45, 7) is 2.93. The largest absolute Gasteiger partial charge is 0.309 e. The number of rotatable bonds is 6. The SMILES string of the molecule is CCNC(CSc1ccccc1Cl)c1cc(Cl)ccc1Cl. The number of nitrogens with one attached hydrogen (secondary N) is 1. The first-order chi connectivity index (χ1) is 10.1. The van der Waals surface area contributed by atoms with Gasteiger partial charge in [-0.25, -0.2) is 0 Å². The minimum absolute atomic E-state index is 0.127. The summed E-state index contributed by atoms with van der Waals surface area (Å²) in [5.41, 5.74) is 1.02. The van der Waals surface area contributed by atoms with Gasteiger partial charge in [-0.3, -0.25) is 0 Å². The van der Waals surface area contributed by atoms with Crippen LogP contribution in [0.2, 0.25) is 15.1 Å². The van der Waals surface area contributed by atoms with E-state index in [9.17, 15) is 0 Å². The van der Waals surface area contributed by atoms with Crippen molar-refractivity contribution in [2.45, 2.75) is 17.9 Å². The Morgan fingerprint density at radius 3 is 2.52 bits per heavy atom. The van der Waals surface area contributed by atoms with Crippen LogP contribution in [0.1, 0.15) is 18.5 Å². The molecule has 0 heterocycles. The van der Waals surface area contributed by atoms with Crippen LogP contribution in [0.25, 0.3) is 0 Å². The maximum atomic E-state index is 6.31. The second-order valence-corrected chi connectivity index (χ2v) is 6.83. The van der Waals surface area contributed by atoms with E-state index in [0.29, 0.717) is 5.02 Å². The van der Waals surface area contributed by atoms with Gasteiger partial charge in [0, 0.05) is 26.7 Å². The number of halogens is 3. The zero-order valence-electron chi connectivity index (χ0n) is 11.6. The first kappa shape index (κ1) is 17.0. The van der Waals surface area contributed by atoms with Gasteiger partial charge in [-0.1, -0.05) is 53.9 Å². The zero-order valence-corrected chi connectivity index (χ0v) is 14.7. The normalized spacial score (nSPS) is 12.4. The van der Waals surface area contributed by atoms with Gasteiger partial charge in [0.1, 0.15) is 0 Å². The molecule has 2 aromatic rings. The highest BCUT2D eigenvalue weighted by molar-refractivity contribution is 7.99. The molecule has 5 heteroatoms. The molecule has 0 fully saturated rings. The van der Waals surface area contributed by atoms with Crippen LogP contribution < -0.4 is 5.32 Å². The lowest BCUT2D eigenvalue weighted by Gasteiger charge is -2.20. The molecule has 0 aliphatic rings. The molecule has 0 aliphatic heterocycles. The monoisotopic (exact) mass is 359 g/mol. The summed E-state index contributed by atoms with van der Waals surface area (Å²) in [4.78, 5) is 1.07. The van der Waals surface area contributed by atoms with E-state index in [1.807, 2.05) is 36.4 Å². The molecular formula is C16H16Cl3NS. The van der Waals surface area contributed by atoms with E-state index in [0.717, 1.165) is 32.8 Å². The van der Waals surface area contributed by atoms with Crippen molar-refractivity contribution in [3.63, 3.8) is 0 Å². The van der Waals surface area contributed by atoms with Crippen molar-refractivity contribution in [2.75, 3.05) is 12.3 Å². The first-order valence-corrected chi connectivity index (χ1v) is 8.79. The average Bonchev–Trinajstić information content (AvgIpc) is 2.48. The Morgan fingerprint density at radius 1 is 1.05 bits per heavy atom. The summed E-state index contributed by atoms with van der Waals surface area (Å²) in [5, 5.41) is 5.64. The molecule has 1 nitrogen and oxygen atoms in total. The summed E-state index contributed by atoms with van der Waals surface area (Å²) in [6, 6.07) is 13.5. The molecule has 112 valence electrons. The second kappa shape index (κ2) is 8.30. The van der Waals surface area contributed by atoms with E-state index in [4.69, 9.17) is 34.8 Å². The van der Waals surface area contributed by atoms with Gasteiger partial charge < -0.3 is 5.32 Å². The van der Waals surface area contributed by atoms with E-state index in [1.54, 1.807) is 17.8 Å². The highest BCUT2D eigenvalue weighted by Gasteiger charge is 2.15. The van der Waals surface area contributed by atoms with Gasteiger partial charge in [-0.05, 0) is 42.4 Å². The molecule has 2 rings (SSSR count). The third-order valence-corrected chi connectivity index (χ3v) is 5.21. The topological polar surface area (TPSA) is 12.0 Å². The summed E-state index contributed by atoms with van der Waals surface area (Å²) in [7, 11) is 0. The lowest BCUT2D eigenvalue weighted by molar-refractivity contribution is 0.606. The molecule has 0 aliphatic carbocycles. The summed E-state index contributed by atoms with van der Waals surface area (Å²) < 4.78 is 0. The lowest BCUT2D eigenvalue weighted by atomic mass is 10.1. The molecule has 2 aromatic carbocycles. The van der Waals surface area contributed by atoms with Crippen molar-refractivity contribution in [1.29, 1.82) is 0 Å². The van der Waals surface area contributed by atoms with Crippen molar-refractivity contribution in [2.24, 2.45) is 0 Å². The number of benzene rings is 2. The highest BCUT2D eigenvalue weighted by Crippen LogP contribution is 2.33. The van der Waals surface area contributed by atoms with E-state index < -0.39 is 0 Å². The molecule has 1 unspecified atom stereocenters. The zero-order chi connectivity index (χ0) is 15.2. The first-order valence-electron chi connectivity index (χ1n) is 6.67. The minimum atomic E-state index is 0.127. The van der Waals surface area contributed by atoms with Gasteiger partial charge in [0.25, 0.3) is 0 Å². The van der Waals surface area contributed by atoms with Gasteiger partial charge in [-0.2, -0.15) is 0 Å². The van der Waals surface area contributed by atoms with Gasteiger partial charge >= 0.3 is 0 Å². The Morgan fingerprint density at radius 2 is 1.81 bits per heavy atom. The van der Waals surface area contributed by atoms with E-state index in [2.05, 4.69) is 12.2 Å². The Labute approximate surface area is 145 Å². The Balaban J connectivity index is 2.16. The number of hydrogen-bond donors (Lipinski definition) is 1. The molecule has 0 saturated carbocycles. The summed E-state index contributed by atoms with van der Waals surface area (Å²) >= 11 is 20.3. The molecule has 21 heavy (non-hydrogen) atoms. The predicted molar refractivity (Wildman–Crippen MR) is 95.1 cm³/mol. The van der Waals surface area contributed by atoms with Crippen LogP contribution in [0.3, 0.4) is 0 Å². The fourth-order valence-corrected chi connectivity index (χ4v) is 3.78. The molecule has 0 spiro atoms. The van der Waals surface area contributed by atoms with E-state index in [-0.39, 0.29) is 6.04 Å². The quantitative estimate of drug-likeness (QED) is 0.625. The molecule has 0 amide bonds. The maximum Gasteiger partial charge on any atom is 0.0541 e. The molecule has 1 N–H and O–H groups in total. The van der Waals surface area contributed by atoms with Crippen molar-refractivity contribution in [1.82, 2.24) is 5.32 Å². The smallest absolute Gasteiger partial charge is 0.0541 e. The molecule has 0 bridgehead atoms. The van der Waals surface area contributed by atoms with Gasteiger partial charge in [0.2, 0.25) is 0 Å². The molecule has 0 radical (unpaired) electrons. The molecule has 1 atom stereocenters. The van der Waals surface area contributed by atoms with Crippen LogP contribution in [0.4, 0.5) is 0 Å². The minimum Gasteiger partial charge on any atom is -0.309 e. The number of hydrogen-bond acceptors (Lipinski definition) is 2. The Bertz CT molecular complexity index is 604. The molecule has 0 aromatic heterocycles. The van der Waals surface area contributed by atoms with Crippen LogP contribution in [0.15, 0.2) is 47.4 Å². The highest BCUT2D eigenvalue weighted by atomic mass is 35.5. The van der Waals surface area contributed by atoms with Crippen LogP contribution in [-0.2, 0) is 0 Å². The van der Waals surface area contributed by atoms with Gasteiger partial charge in [0.05, 0.1) is 5.02 Å². The Kier molecular flexibility index (Phi) is 6.72. The summed E-state index contributed by atoms with van der Waals surface area (Å²) in [5.74, 6) is 0.831. The van der Waals surface area contributed by atoms with Crippen molar-refractivity contribution < 1.29 is 0 Å². The second-order valence-electron chi connectivity index (χ2n) is 4.52. The lowest BCUT2D eigenvalue weighted by Crippen LogP contribution is -2.23. The van der Waals surface area contributed by atoms with Crippen LogP contribution in [0, 0.1) is 0 Å². The fourth-order valence-electron chi connectivity index (χ4n) is 2.02.